The van der Waals surface area contributed by atoms with Gasteiger partial charge in [-0.15, -0.1) is 11.8 Å². The van der Waals surface area contributed by atoms with Gasteiger partial charge in [0.2, 0.25) is 5.91 Å². The van der Waals surface area contributed by atoms with Crippen LogP contribution in [0.1, 0.15) is 5.56 Å². The molecule has 2 aromatic rings. The monoisotopic (exact) mass is 355 g/mol. The molecule has 0 heterocycles. The van der Waals surface area contributed by atoms with Crippen molar-refractivity contribution in [1.29, 1.82) is 0 Å². The maximum absolute atomic E-state index is 12.0. The quantitative estimate of drug-likeness (QED) is 0.802. The SMILES string of the molecule is COc1ccc(Cl)cc1NC(=O)CSCc1ccccc1Cl. The van der Waals surface area contributed by atoms with Crippen molar-refractivity contribution < 1.29 is 9.53 Å². The number of carbonyl (C=O) groups excluding carboxylic acids is 1. The number of nitrogens with one attached hydrogen (secondary N) is 1. The maximum Gasteiger partial charge on any atom is 0.234 e. The highest BCUT2D eigenvalue weighted by Crippen LogP contribution is 2.28. The zero-order chi connectivity index (χ0) is 15.9. The predicted octanol–water partition coefficient (Wildman–Crippen LogP) is 4.87. The van der Waals surface area contributed by atoms with Gasteiger partial charge in [-0.1, -0.05) is 41.4 Å². The number of anilines is 1. The molecule has 0 bridgehead atoms. The number of hydrogen-bond donors (Lipinski definition) is 1. The summed E-state index contributed by atoms with van der Waals surface area (Å²) in [5.74, 6) is 1.46. The molecule has 0 aliphatic rings. The highest BCUT2D eigenvalue weighted by Gasteiger charge is 2.09. The molecule has 0 spiro atoms. The van der Waals surface area contributed by atoms with Crippen molar-refractivity contribution in [3.63, 3.8) is 0 Å². The molecule has 0 radical (unpaired) electrons. The van der Waals surface area contributed by atoms with Crippen LogP contribution in [0.5, 0.6) is 5.75 Å². The zero-order valence-corrected chi connectivity index (χ0v) is 14.3. The fraction of sp³-hybridized carbons (Fsp3) is 0.188. The minimum absolute atomic E-state index is 0.113. The molecular formula is C16H15Cl2NO2S. The van der Waals surface area contributed by atoms with Gasteiger partial charge in [-0.2, -0.15) is 0 Å². The summed E-state index contributed by atoms with van der Waals surface area (Å²) in [6, 6.07) is 12.7. The lowest BCUT2D eigenvalue weighted by Gasteiger charge is -2.10. The van der Waals surface area contributed by atoms with E-state index in [0.717, 1.165) is 5.56 Å². The summed E-state index contributed by atoms with van der Waals surface area (Å²) in [5, 5.41) is 4.06. The fourth-order valence-electron chi connectivity index (χ4n) is 1.83. The number of halogens is 2. The van der Waals surface area contributed by atoms with E-state index in [9.17, 15) is 4.79 Å². The maximum atomic E-state index is 12.0. The van der Waals surface area contributed by atoms with Gasteiger partial charge in [-0.05, 0) is 29.8 Å². The summed E-state index contributed by atoms with van der Waals surface area (Å²) in [6.45, 7) is 0. The molecule has 2 rings (SSSR count). The minimum atomic E-state index is -0.113. The summed E-state index contributed by atoms with van der Waals surface area (Å²) < 4.78 is 5.19. The Kier molecular flexibility index (Phi) is 6.43. The molecule has 0 unspecified atom stereocenters. The Balaban J connectivity index is 1.88. The summed E-state index contributed by atoms with van der Waals surface area (Å²) in [4.78, 5) is 12.0. The largest absolute Gasteiger partial charge is 0.495 e. The fourth-order valence-corrected chi connectivity index (χ4v) is 3.12. The number of amides is 1. The van der Waals surface area contributed by atoms with Gasteiger partial charge < -0.3 is 10.1 Å². The van der Waals surface area contributed by atoms with E-state index in [4.69, 9.17) is 27.9 Å². The van der Waals surface area contributed by atoms with Crippen LogP contribution in [0.3, 0.4) is 0 Å². The predicted molar refractivity (Wildman–Crippen MR) is 94.2 cm³/mol. The first-order valence-electron chi connectivity index (χ1n) is 6.54. The molecule has 1 amide bonds. The van der Waals surface area contributed by atoms with E-state index in [0.29, 0.717) is 33.0 Å². The molecule has 0 aliphatic carbocycles. The first kappa shape index (κ1) is 17.0. The van der Waals surface area contributed by atoms with Crippen molar-refractivity contribution in [1.82, 2.24) is 0 Å². The molecule has 1 N–H and O–H groups in total. The molecule has 3 nitrogen and oxygen atoms in total. The van der Waals surface area contributed by atoms with Gasteiger partial charge in [0.25, 0.3) is 0 Å². The van der Waals surface area contributed by atoms with Crippen molar-refractivity contribution in [3.05, 3.63) is 58.1 Å². The van der Waals surface area contributed by atoms with E-state index >= 15 is 0 Å². The number of methoxy groups -OCH3 is 1. The van der Waals surface area contributed by atoms with Gasteiger partial charge in [-0.3, -0.25) is 4.79 Å². The third-order valence-electron chi connectivity index (χ3n) is 2.88. The van der Waals surface area contributed by atoms with Crippen molar-refractivity contribution in [2.45, 2.75) is 5.75 Å². The first-order valence-corrected chi connectivity index (χ1v) is 8.45. The van der Waals surface area contributed by atoms with Crippen molar-refractivity contribution in [2.75, 3.05) is 18.2 Å². The number of hydrogen-bond acceptors (Lipinski definition) is 3. The van der Waals surface area contributed by atoms with Crippen LogP contribution < -0.4 is 10.1 Å². The summed E-state index contributed by atoms with van der Waals surface area (Å²) in [5.41, 5.74) is 1.58. The summed E-state index contributed by atoms with van der Waals surface area (Å²) in [6.07, 6.45) is 0. The van der Waals surface area contributed by atoms with Crippen LogP contribution in [0, 0.1) is 0 Å². The molecule has 2 aromatic carbocycles. The van der Waals surface area contributed by atoms with Gasteiger partial charge in [0.15, 0.2) is 0 Å². The minimum Gasteiger partial charge on any atom is -0.495 e. The Labute approximate surface area is 144 Å². The average molecular weight is 356 g/mol. The Morgan fingerprint density at radius 1 is 1.23 bits per heavy atom. The topological polar surface area (TPSA) is 38.3 Å². The molecular weight excluding hydrogens is 341 g/mol. The second-order valence-corrected chi connectivity index (χ2v) is 6.31. The molecule has 0 atom stereocenters. The zero-order valence-electron chi connectivity index (χ0n) is 11.9. The van der Waals surface area contributed by atoms with Gasteiger partial charge in [0.05, 0.1) is 18.6 Å². The summed E-state index contributed by atoms with van der Waals surface area (Å²) in [7, 11) is 1.55. The molecule has 0 aliphatic heterocycles. The number of ether oxygens (including phenoxy) is 1. The van der Waals surface area contributed by atoms with Crippen molar-refractivity contribution >= 4 is 46.6 Å². The van der Waals surface area contributed by atoms with Crippen LogP contribution in [0.4, 0.5) is 5.69 Å². The number of benzene rings is 2. The van der Waals surface area contributed by atoms with E-state index < -0.39 is 0 Å². The Hall–Kier alpha value is -1.36. The van der Waals surface area contributed by atoms with Gasteiger partial charge in [0.1, 0.15) is 5.75 Å². The molecule has 116 valence electrons. The van der Waals surface area contributed by atoms with Crippen LogP contribution in [0.25, 0.3) is 0 Å². The van der Waals surface area contributed by atoms with Crippen LogP contribution >= 0.6 is 35.0 Å². The lowest BCUT2D eigenvalue weighted by molar-refractivity contribution is -0.113. The Morgan fingerprint density at radius 3 is 2.73 bits per heavy atom. The van der Waals surface area contributed by atoms with Crippen LogP contribution in [0.15, 0.2) is 42.5 Å². The number of thioether (sulfide) groups is 1. The second kappa shape index (κ2) is 8.32. The van der Waals surface area contributed by atoms with Crippen LogP contribution in [0.2, 0.25) is 10.0 Å². The van der Waals surface area contributed by atoms with Gasteiger partial charge >= 0.3 is 0 Å². The van der Waals surface area contributed by atoms with Gasteiger partial charge in [-0.25, -0.2) is 0 Å². The number of carbonyl (C=O) groups is 1. The standard InChI is InChI=1S/C16H15Cl2NO2S/c1-21-15-7-6-12(17)8-14(15)19-16(20)10-22-9-11-4-2-3-5-13(11)18/h2-8H,9-10H2,1H3,(H,19,20). The molecule has 0 saturated heterocycles. The average Bonchev–Trinajstić information content (AvgIpc) is 2.49. The van der Waals surface area contributed by atoms with E-state index in [2.05, 4.69) is 5.32 Å². The normalized spacial score (nSPS) is 10.3. The lowest BCUT2D eigenvalue weighted by atomic mass is 10.2. The van der Waals surface area contributed by atoms with E-state index in [1.54, 1.807) is 25.3 Å². The molecule has 6 heteroatoms. The summed E-state index contributed by atoms with van der Waals surface area (Å²) >= 11 is 13.5. The molecule has 0 fully saturated rings. The van der Waals surface area contributed by atoms with Crippen LogP contribution in [-0.4, -0.2) is 18.8 Å². The molecule has 0 saturated carbocycles. The first-order chi connectivity index (χ1) is 10.6. The molecule has 22 heavy (non-hydrogen) atoms. The van der Waals surface area contributed by atoms with E-state index in [1.165, 1.54) is 11.8 Å². The third-order valence-corrected chi connectivity index (χ3v) is 4.47. The third kappa shape index (κ3) is 4.83. The molecule has 0 aromatic heterocycles. The van der Waals surface area contributed by atoms with Gasteiger partial charge in [0, 0.05) is 15.8 Å². The van der Waals surface area contributed by atoms with E-state index in [1.807, 2.05) is 24.3 Å². The van der Waals surface area contributed by atoms with E-state index in [-0.39, 0.29) is 5.91 Å². The second-order valence-electron chi connectivity index (χ2n) is 4.48. The highest BCUT2D eigenvalue weighted by molar-refractivity contribution is 7.99. The van der Waals surface area contributed by atoms with Crippen molar-refractivity contribution in [3.8, 4) is 5.75 Å². The van der Waals surface area contributed by atoms with Crippen molar-refractivity contribution in [2.24, 2.45) is 0 Å². The Morgan fingerprint density at radius 2 is 2.00 bits per heavy atom. The highest BCUT2D eigenvalue weighted by atomic mass is 35.5. The van der Waals surface area contributed by atoms with Crippen LogP contribution in [-0.2, 0) is 10.5 Å². The number of rotatable bonds is 6. The smallest absolute Gasteiger partial charge is 0.234 e. The lowest BCUT2D eigenvalue weighted by Crippen LogP contribution is -2.14. The Bertz CT molecular complexity index is 664.